The maximum absolute atomic E-state index is 12.0. The second kappa shape index (κ2) is 6.91. The second-order valence-electron chi connectivity index (χ2n) is 5.52. The zero-order valence-electron chi connectivity index (χ0n) is 11.7. The van der Waals surface area contributed by atoms with Crippen LogP contribution in [0.4, 0.5) is 11.4 Å². The lowest BCUT2D eigenvalue weighted by Gasteiger charge is -2.11. The molecule has 3 rings (SSSR count). The molecule has 1 unspecified atom stereocenters. The average Bonchev–Trinajstić information content (AvgIpc) is 3.14. The van der Waals surface area contributed by atoms with Crippen molar-refractivity contribution in [3.05, 3.63) is 24.3 Å². The van der Waals surface area contributed by atoms with Gasteiger partial charge in [-0.25, -0.2) is 0 Å². The summed E-state index contributed by atoms with van der Waals surface area (Å²) in [4.78, 5) is 23.7. The number of halogens is 1. The van der Waals surface area contributed by atoms with Crippen LogP contribution >= 0.6 is 12.4 Å². The summed E-state index contributed by atoms with van der Waals surface area (Å²) in [5, 5.41) is 8.97. The van der Waals surface area contributed by atoms with Crippen LogP contribution in [-0.2, 0) is 9.59 Å². The van der Waals surface area contributed by atoms with Gasteiger partial charge < -0.3 is 16.0 Å². The summed E-state index contributed by atoms with van der Waals surface area (Å²) >= 11 is 0. The first-order valence-corrected chi connectivity index (χ1v) is 7.15. The molecule has 1 saturated carbocycles. The Morgan fingerprint density at radius 2 is 1.62 bits per heavy atom. The first kappa shape index (κ1) is 15.8. The van der Waals surface area contributed by atoms with E-state index in [1.54, 1.807) is 6.07 Å². The van der Waals surface area contributed by atoms with Crippen molar-refractivity contribution in [1.82, 2.24) is 5.32 Å². The van der Waals surface area contributed by atoms with Crippen LogP contribution in [0.1, 0.15) is 19.3 Å². The fraction of sp³-hybridized carbons (Fsp3) is 0.467. The highest BCUT2D eigenvalue weighted by Gasteiger charge is 2.29. The van der Waals surface area contributed by atoms with E-state index in [-0.39, 0.29) is 36.1 Å². The van der Waals surface area contributed by atoms with Gasteiger partial charge in [0.15, 0.2) is 0 Å². The lowest BCUT2D eigenvalue weighted by atomic mass is 10.1. The van der Waals surface area contributed by atoms with Gasteiger partial charge in [0.2, 0.25) is 11.8 Å². The van der Waals surface area contributed by atoms with Gasteiger partial charge >= 0.3 is 0 Å². The number of carbonyl (C=O) groups is 2. The minimum Gasteiger partial charge on any atom is -0.326 e. The Balaban J connectivity index is 0.00000161. The highest BCUT2D eigenvalue weighted by molar-refractivity contribution is 5.96. The molecule has 3 N–H and O–H groups in total. The fourth-order valence-corrected chi connectivity index (χ4v) is 2.39. The summed E-state index contributed by atoms with van der Waals surface area (Å²) in [7, 11) is 0. The molecule has 1 heterocycles. The van der Waals surface area contributed by atoms with Crippen LogP contribution in [0.2, 0.25) is 0 Å². The van der Waals surface area contributed by atoms with Crippen molar-refractivity contribution >= 4 is 35.6 Å². The molecule has 1 saturated heterocycles. The van der Waals surface area contributed by atoms with Crippen molar-refractivity contribution in [2.24, 2.45) is 11.8 Å². The highest BCUT2D eigenvalue weighted by Crippen LogP contribution is 2.30. The normalized spacial score (nSPS) is 20.5. The number of benzene rings is 1. The van der Waals surface area contributed by atoms with Crippen LogP contribution in [0.5, 0.6) is 0 Å². The molecule has 6 heteroatoms. The Labute approximate surface area is 130 Å². The lowest BCUT2D eigenvalue weighted by molar-refractivity contribution is -0.119. The summed E-state index contributed by atoms with van der Waals surface area (Å²) in [6, 6.07) is 7.33. The van der Waals surface area contributed by atoms with Crippen LogP contribution < -0.4 is 16.0 Å². The van der Waals surface area contributed by atoms with Crippen molar-refractivity contribution in [2.75, 3.05) is 23.7 Å². The fourth-order valence-electron chi connectivity index (χ4n) is 2.39. The molecule has 0 bridgehead atoms. The standard InChI is InChI=1S/C15H19N3O2.ClH/c19-14(10-4-5-10)17-12-2-1-3-13(8-12)18-15(20)11-6-7-16-9-11;/h1-3,8,10-11,16H,4-7,9H2,(H,17,19)(H,18,20);1H. The van der Waals surface area contributed by atoms with E-state index in [4.69, 9.17) is 0 Å². The molecule has 1 aromatic carbocycles. The maximum Gasteiger partial charge on any atom is 0.228 e. The summed E-state index contributed by atoms with van der Waals surface area (Å²) < 4.78 is 0. The van der Waals surface area contributed by atoms with Gasteiger partial charge in [0.25, 0.3) is 0 Å². The van der Waals surface area contributed by atoms with Crippen LogP contribution in [0.15, 0.2) is 24.3 Å². The van der Waals surface area contributed by atoms with Crippen LogP contribution in [-0.4, -0.2) is 24.9 Å². The van der Waals surface area contributed by atoms with E-state index in [0.29, 0.717) is 0 Å². The topological polar surface area (TPSA) is 70.2 Å². The Morgan fingerprint density at radius 1 is 1.00 bits per heavy atom. The Hall–Kier alpha value is -1.59. The average molecular weight is 310 g/mol. The molecule has 1 atom stereocenters. The molecular formula is C15H20ClN3O2. The molecule has 21 heavy (non-hydrogen) atoms. The Bertz CT molecular complexity index is 525. The molecule has 2 aliphatic rings. The minimum atomic E-state index is 0. The molecule has 2 amide bonds. The van der Waals surface area contributed by atoms with E-state index in [9.17, 15) is 9.59 Å². The van der Waals surface area contributed by atoms with E-state index in [1.165, 1.54) is 0 Å². The third kappa shape index (κ3) is 4.19. The molecule has 2 fully saturated rings. The van der Waals surface area contributed by atoms with Gasteiger partial charge in [-0.1, -0.05) is 6.07 Å². The summed E-state index contributed by atoms with van der Waals surface area (Å²) in [6.07, 6.45) is 2.85. The lowest BCUT2D eigenvalue weighted by Crippen LogP contribution is -2.24. The van der Waals surface area contributed by atoms with Gasteiger partial charge in [-0.05, 0) is 44.0 Å². The largest absolute Gasteiger partial charge is 0.326 e. The van der Waals surface area contributed by atoms with Gasteiger partial charge in [-0.2, -0.15) is 0 Å². The van der Waals surface area contributed by atoms with E-state index in [2.05, 4.69) is 16.0 Å². The van der Waals surface area contributed by atoms with Crippen molar-refractivity contribution in [3.8, 4) is 0 Å². The van der Waals surface area contributed by atoms with E-state index in [0.717, 1.165) is 43.7 Å². The number of hydrogen-bond acceptors (Lipinski definition) is 3. The predicted molar refractivity (Wildman–Crippen MR) is 84.7 cm³/mol. The number of hydrogen-bond donors (Lipinski definition) is 3. The molecule has 5 nitrogen and oxygen atoms in total. The molecule has 1 aliphatic heterocycles. The van der Waals surface area contributed by atoms with Crippen molar-refractivity contribution in [1.29, 1.82) is 0 Å². The van der Waals surface area contributed by atoms with Crippen molar-refractivity contribution in [3.63, 3.8) is 0 Å². The molecule has 0 spiro atoms. The number of rotatable bonds is 4. The maximum atomic E-state index is 12.0. The molecule has 0 aromatic heterocycles. The molecule has 114 valence electrons. The SMILES string of the molecule is Cl.O=C(Nc1cccc(NC(=O)C2CCNC2)c1)C1CC1. The molecule has 1 aromatic rings. The first-order chi connectivity index (χ1) is 9.72. The van der Waals surface area contributed by atoms with E-state index < -0.39 is 0 Å². The van der Waals surface area contributed by atoms with Crippen LogP contribution in [0, 0.1) is 11.8 Å². The quantitative estimate of drug-likeness (QED) is 0.797. The first-order valence-electron chi connectivity index (χ1n) is 7.15. The number of carbonyl (C=O) groups excluding carboxylic acids is 2. The van der Waals surface area contributed by atoms with E-state index >= 15 is 0 Å². The highest BCUT2D eigenvalue weighted by atomic mass is 35.5. The Morgan fingerprint density at radius 3 is 2.14 bits per heavy atom. The number of nitrogens with one attached hydrogen (secondary N) is 3. The van der Waals surface area contributed by atoms with Gasteiger partial charge in [0.1, 0.15) is 0 Å². The number of anilines is 2. The smallest absolute Gasteiger partial charge is 0.228 e. The summed E-state index contributed by atoms with van der Waals surface area (Å²) in [5.74, 6) is 0.340. The third-order valence-electron chi connectivity index (χ3n) is 3.78. The van der Waals surface area contributed by atoms with Crippen molar-refractivity contribution in [2.45, 2.75) is 19.3 Å². The van der Waals surface area contributed by atoms with Gasteiger partial charge in [0.05, 0.1) is 5.92 Å². The predicted octanol–water partition coefficient (Wildman–Crippen LogP) is 2.00. The number of amides is 2. The van der Waals surface area contributed by atoms with Crippen LogP contribution in [0.25, 0.3) is 0 Å². The Kier molecular flexibility index (Phi) is 5.20. The minimum absolute atomic E-state index is 0. The molecular weight excluding hydrogens is 290 g/mol. The summed E-state index contributed by atoms with van der Waals surface area (Å²) in [6.45, 7) is 1.64. The second-order valence-corrected chi connectivity index (χ2v) is 5.52. The third-order valence-corrected chi connectivity index (χ3v) is 3.78. The van der Waals surface area contributed by atoms with Gasteiger partial charge in [-0.15, -0.1) is 12.4 Å². The van der Waals surface area contributed by atoms with Crippen LogP contribution in [0.3, 0.4) is 0 Å². The monoisotopic (exact) mass is 309 g/mol. The van der Waals surface area contributed by atoms with Gasteiger partial charge in [-0.3, -0.25) is 9.59 Å². The van der Waals surface area contributed by atoms with E-state index in [1.807, 2.05) is 18.2 Å². The summed E-state index contributed by atoms with van der Waals surface area (Å²) in [5.41, 5.74) is 1.47. The van der Waals surface area contributed by atoms with Gasteiger partial charge in [0, 0.05) is 23.8 Å². The van der Waals surface area contributed by atoms with Crippen molar-refractivity contribution < 1.29 is 9.59 Å². The zero-order chi connectivity index (χ0) is 13.9. The zero-order valence-corrected chi connectivity index (χ0v) is 12.5. The molecule has 0 radical (unpaired) electrons. The molecule has 1 aliphatic carbocycles.